The van der Waals surface area contributed by atoms with Gasteiger partial charge in [-0.1, -0.05) is 48.5 Å². The molecule has 27 heavy (non-hydrogen) atoms. The number of amides is 2. The summed E-state index contributed by atoms with van der Waals surface area (Å²) in [5.74, 6) is -0.223. The number of anilines is 1. The number of carbonyl (C=O) groups is 2. The van der Waals surface area contributed by atoms with Crippen molar-refractivity contribution in [1.29, 1.82) is 0 Å². The zero-order valence-electron chi connectivity index (χ0n) is 16.0. The Labute approximate surface area is 159 Å². The quantitative estimate of drug-likeness (QED) is 0.877. The first-order chi connectivity index (χ1) is 12.8. The Morgan fingerprint density at radius 3 is 2.33 bits per heavy atom. The molecule has 0 spiro atoms. The van der Waals surface area contributed by atoms with Crippen LogP contribution in [0.2, 0.25) is 0 Å². The molecule has 1 N–H and O–H groups in total. The number of nitrogens with one attached hydrogen (secondary N) is 1. The van der Waals surface area contributed by atoms with E-state index >= 15 is 0 Å². The minimum atomic E-state index is -0.826. The summed E-state index contributed by atoms with van der Waals surface area (Å²) in [7, 11) is 1.71. The van der Waals surface area contributed by atoms with E-state index in [0.717, 1.165) is 22.4 Å². The standard InChI is InChI=1S/C22H24N2O3/c1-22(2,3)27-21(26)23-18-14-17(15-10-6-5-7-11-15)16-12-8-9-13-19(16)24(4)20(18)25/h5-14,18H,1-4H3,(H,23,26). The van der Waals surface area contributed by atoms with Crippen LogP contribution in [0.15, 0.2) is 60.7 Å². The molecule has 0 fully saturated rings. The van der Waals surface area contributed by atoms with Gasteiger partial charge < -0.3 is 15.0 Å². The van der Waals surface area contributed by atoms with Crippen LogP contribution in [0.5, 0.6) is 0 Å². The summed E-state index contributed by atoms with van der Waals surface area (Å²) in [5, 5.41) is 2.70. The summed E-state index contributed by atoms with van der Waals surface area (Å²) in [6.45, 7) is 5.36. The number of fused-ring (bicyclic) bond motifs is 1. The summed E-state index contributed by atoms with van der Waals surface area (Å²) in [4.78, 5) is 26.8. The third-order valence-corrected chi connectivity index (χ3v) is 4.24. The molecule has 140 valence electrons. The Morgan fingerprint density at radius 2 is 1.67 bits per heavy atom. The van der Waals surface area contributed by atoms with E-state index in [-0.39, 0.29) is 5.91 Å². The summed E-state index contributed by atoms with van der Waals surface area (Å²) in [6.07, 6.45) is 1.17. The minimum Gasteiger partial charge on any atom is -0.444 e. The van der Waals surface area contributed by atoms with Gasteiger partial charge in [0.05, 0.1) is 5.69 Å². The lowest BCUT2D eigenvalue weighted by molar-refractivity contribution is -0.119. The first kappa shape index (κ1) is 18.7. The van der Waals surface area contributed by atoms with Crippen LogP contribution in [0.1, 0.15) is 31.9 Å². The number of rotatable bonds is 2. The Hall–Kier alpha value is -3.08. The van der Waals surface area contributed by atoms with Gasteiger partial charge >= 0.3 is 6.09 Å². The molecule has 1 unspecified atom stereocenters. The molecular weight excluding hydrogens is 340 g/mol. The third kappa shape index (κ3) is 4.19. The number of alkyl carbamates (subject to hydrolysis) is 1. The lowest BCUT2D eigenvalue weighted by Crippen LogP contribution is -2.47. The molecule has 1 heterocycles. The van der Waals surface area contributed by atoms with E-state index in [1.54, 1.807) is 38.8 Å². The molecule has 0 aromatic heterocycles. The fourth-order valence-corrected chi connectivity index (χ4v) is 3.06. The van der Waals surface area contributed by atoms with Gasteiger partial charge in [-0.05, 0) is 44.1 Å². The van der Waals surface area contributed by atoms with Crippen molar-refractivity contribution < 1.29 is 14.3 Å². The van der Waals surface area contributed by atoms with Crippen molar-refractivity contribution in [3.8, 4) is 0 Å². The molecule has 0 radical (unpaired) electrons. The van der Waals surface area contributed by atoms with Crippen molar-refractivity contribution in [1.82, 2.24) is 5.32 Å². The number of nitrogens with zero attached hydrogens (tertiary/aromatic N) is 1. The van der Waals surface area contributed by atoms with Crippen molar-refractivity contribution in [3.05, 3.63) is 71.8 Å². The van der Waals surface area contributed by atoms with E-state index in [2.05, 4.69) is 5.32 Å². The van der Waals surface area contributed by atoms with E-state index in [1.807, 2.05) is 54.6 Å². The van der Waals surface area contributed by atoms with Gasteiger partial charge in [0.2, 0.25) is 0 Å². The lowest BCUT2D eigenvalue weighted by atomic mass is 9.95. The molecule has 5 nitrogen and oxygen atoms in total. The Bertz CT molecular complexity index is 882. The van der Waals surface area contributed by atoms with Gasteiger partial charge in [0, 0.05) is 12.6 Å². The van der Waals surface area contributed by atoms with E-state index in [1.165, 1.54) is 0 Å². The third-order valence-electron chi connectivity index (χ3n) is 4.24. The second-order valence-corrected chi connectivity index (χ2v) is 7.48. The van der Waals surface area contributed by atoms with Gasteiger partial charge in [0.25, 0.3) is 5.91 Å². The van der Waals surface area contributed by atoms with Gasteiger partial charge in [0.1, 0.15) is 11.6 Å². The largest absolute Gasteiger partial charge is 0.444 e. The van der Waals surface area contributed by atoms with Crippen LogP contribution in [-0.2, 0) is 9.53 Å². The molecule has 2 amide bonds. The highest BCUT2D eigenvalue weighted by molar-refractivity contribution is 6.06. The van der Waals surface area contributed by atoms with Crippen molar-refractivity contribution >= 4 is 23.3 Å². The first-order valence-electron chi connectivity index (χ1n) is 8.90. The van der Waals surface area contributed by atoms with Crippen molar-refractivity contribution in [2.24, 2.45) is 0 Å². The number of para-hydroxylation sites is 1. The van der Waals surface area contributed by atoms with E-state index in [4.69, 9.17) is 4.74 Å². The van der Waals surface area contributed by atoms with Crippen LogP contribution >= 0.6 is 0 Å². The summed E-state index contributed by atoms with van der Waals surface area (Å²) >= 11 is 0. The Morgan fingerprint density at radius 1 is 1.04 bits per heavy atom. The normalized spacial score (nSPS) is 16.9. The average Bonchev–Trinajstić information content (AvgIpc) is 2.72. The monoisotopic (exact) mass is 364 g/mol. The predicted molar refractivity (Wildman–Crippen MR) is 107 cm³/mol. The van der Waals surface area contributed by atoms with E-state index < -0.39 is 17.7 Å². The number of likely N-dealkylation sites (N-methyl/N-ethyl adjacent to an activating group) is 1. The number of ether oxygens (including phenoxy) is 1. The number of carbonyl (C=O) groups excluding carboxylic acids is 2. The maximum atomic E-state index is 13.0. The van der Waals surface area contributed by atoms with Gasteiger partial charge in [0.15, 0.2) is 0 Å². The first-order valence-corrected chi connectivity index (χ1v) is 8.90. The highest BCUT2D eigenvalue weighted by atomic mass is 16.6. The fourth-order valence-electron chi connectivity index (χ4n) is 3.06. The van der Waals surface area contributed by atoms with Crippen LogP contribution < -0.4 is 10.2 Å². The van der Waals surface area contributed by atoms with Crippen molar-refractivity contribution in [2.45, 2.75) is 32.4 Å². The van der Waals surface area contributed by atoms with Crippen molar-refractivity contribution in [3.63, 3.8) is 0 Å². The smallest absolute Gasteiger partial charge is 0.408 e. The molecule has 3 rings (SSSR count). The number of benzene rings is 2. The van der Waals surface area contributed by atoms with Gasteiger partial charge in [-0.25, -0.2) is 4.79 Å². The number of hydrogen-bond donors (Lipinski definition) is 1. The molecule has 0 saturated heterocycles. The molecule has 1 aliphatic rings. The number of hydrogen-bond acceptors (Lipinski definition) is 3. The highest BCUT2D eigenvalue weighted by Gasteiger charge is 2.30. The van der Waals surface area contributed by atoms with Gasteiger partial charge in [-0.3, -0.25) is 4.79 Å². The zero-order valence-corrected chi connectivity index (χ0v) is 16.0. The topological polar surface area (TPSA) is 58.6 Å². The van der Waals surface area contributed by atoms with Gasteiger partial charge in [-0.2, -0.15) is 0 Å². The zero-order chi connectivity index (χ0) is 19.6. The highest BCUT2D eigenvalue weighted by Crippen LogP contribution is 2.34. The van der Waals surface area contributed by atoms with Crippen LogP contribution in [0, 0.1) is 0 Å². The maximum Gasteiger partial charge on any atom is 0.408 e. The maximum absolute atomic E-state index is 13.0. The molecule has 0 bridgehead atoms. The SMILES string of the molecule is CN1C(=O)C(NC(=O)OC(C)(C)C)C=C(c2ccccc2)c2ccccc21. The van der Waals surface area contributed by atoms with Crippen LogP contribution in [0.3, 0.4) is 0 Å². The fraction of sp³-hybridized carbons (Fsp3) is 0.273. The molecular formula is C22H24N2O3. The lowest BCUT2D eigenvalue weighted by Gasteiger charge is -2.24. The Kier molecular flexibility index (Phi) is 5.04. The molecule has 1 atom stereocenters. The molecule has 0 saturated carbocycles. The summed E-state index contributed by atoms with van der Waals surface area (Å²) < 4.78 is 5.33. The van der Waals surface area contributed by atoms with Gasteiger partial charge in [-0.15, -0.1) is 0 Å². The summed E-state index contributed by atoms with van der Waals surface area (Å²) in [6, 6.07) is 16.7. The van der Waals surface area contributed by atoms with Crippen LogP contribution in [0.4, 0.5) is 10.5 Å². The molecule has 0 aliphatic carbocycles. The van der Waals surface area contributed by atoms with E-state index in [9.17, 15) is 9.59 Å². The predicted octanol–water partition coefficient (Wildman–Crippen LogP) is 3.99. The minimum absolute atomic E-state index is 0.223. The van der Waals surface area contributed by atoms with E-state index in [0.29, 0.717) is 0 Å². The molecule has 2 aromatic carbocycles. The van der Waals surface area contributed by atoms with Crippen molar-refractivity contribution in [2.75, 3.05) is 11.9 Å². The molecule has 1 aliphatic heterocycles. The summed E-state index contributed by atoms with van der Waals surface area (Å²) in [5.41, 5.74) is 2.96. The average molecular weight is 364 g/mol. The van der Waals surface area contributed by atoms with Crippen LogP contribution in [0.25, 0.3) is 5.57 Å². The second kappa shape index (κ2) is 7.27. The van der Waals surface area contributed by atoms with Crippen LogP contribution in [-0.4, -0.2) is 30.7 Å². The molecule has 5 heteroatoms. The molecule has 2 aromatic rings. The Balaban J connectivity index is 2.05. The second-order valence-electron chi connectivity index (χ2n) is 7.48.